The molecule has 0 spiro atoms. The van der Waals surface area contributed by atoms with Gasteiger partial charge >= 0.3 is 6.36 Å². The topological polar surface area (TPSA) is 24.5 Å². The molecule has 0 aliphatic carbocycles. The zero-order valence-corrected chi connectivity index (χ0v) is 12.3. The van der Waals surface area contributed by atoms with Crippen molar-refractivity contribution in [1.82, 2.24) is 10.2 Å². The van der Waals surface area contributed by atoms with E-state index < -0.39 is 6.36 Å². The molecule has 1 saturated heterocycles. The number of benzene rings is 1. The van der Waals surface area contributed by atoms with Crippen LogP contribution in [-0.2, 0) is 10.3 Å². The van der Waals surface area contributed by atoms with Crippen LogP contribution in [0.15, 0.2) is 30.3 Å². The fourth-order valence-electron chi connectivity index (χ4n) is 2.77. The summed E-state index contributed by atoms with van der Waals surface area (Å²) in [6, 6.07) is 10.1. The average Bonchev–Trinajstić information content (AvgIpc) is 2.42. The fraction of sp³-hybridized carbons (Fsp3) is 0.600. The third-order valence-electron chi connectivity index (χ3n) is 4.01. The van der Waals surface area contributed by atoms with Crippen LogP contribution in [0.25, 0.3) is 0 Å². The number of nitrogens with one attached hydrogen (secondary N) is 1. The highest BCUT2D eigenvalue weighted by Crippen LogP contribution is 2.30. The van der Waals surface area contributed by atoms with Crippen molar-refractivity contribution in [1.29, 1.82) is 0 Å². The molecule has 3 nitrogen and oxygen atoms in total. The van der Waals surface area contributed by atoms with Gasteiger partial charge in [0, 0.05) is 25.7 Å². The number of halogens is 3. The van der Waals surface area contributed by atoms with Gasteiger partial charge < -0.3 is 5.32 Å². The molecule has 0 amide bonds. The van der Waals surface area contributed by atoms with Gasteiger partial charge in [-0.05, 0) is 19.4 Å². The van der Waals surface area contributed by atoms with E-state index in [0.29, 0.717) is 13.1 Å². The van der Waals surface area contributed by atoms with Crippen LogP contribution < -0.4 is 5.32 Å². The van der Waals surface area contributed by atoms with Gasteiger partial charge in [-0.25, -0.2) is 0 Å². The molecule has 0 aromatic heterocycles. The molecular weight excluding hydrogens is 281 g/mol. The van der Waals surface area contributed by atoms with Crippen molar-refractivity contribution in [3.63, 3.8) is 0 Å². The Morgan fingerprint density at radius 1 is 1.33 bits per heavy atom. The lowest BCUT2D eigenvalue weighted by Crippen LogP contribution is -2.61. The van der Waals surface area contributed by atoms with Gasteiger partial charge in [0.2, 0.25) is 0 Å². The Bertz CT molecular complexity index is 452. The van der Waals surface area contributed by atoms with E-state index >= 15 is 0 Å². The lowest BCUT2D eigenvalue weighted by Gasteiger charge is -2.48. The summed E-state index contributed by atoms with van der Waals surface area (Å²) in [5.41, 5.74) is 0.763. The predicted octanol–water partition coefficient (Wildman–Crippen LogP) is 2.73. The average molecular weight is 302 g/mol. The monoisotopic (exact) mass is 302 g/mol. The Morgan fingerprint density at radius 3 is 2.62 bits per heavy atom. The normalized spacial score (nSPS) is 27.8. The summed E-state index contributed by atoms with van der Waals surface area (Å²) in [6.07, 6.45) is -4.57. The van der Waals surface area contributed by atoms with Crippen molar-refractivity contribution >= 4 is 0 Å². The molecule has 0 bridgehead atoms. The third kappa shape index (κ3) is 4.18. The van der Waals surface area contributed by atoms with E-state index in [1.54, 1.807) is 0 Å². The van der Waals surface area contributed by atoms with Crippen molar-refractivity contribution in [2.24, 2.45) is 0 Å². The summed E-state index contributed by atoms with van der Waals surface area (Å²) in [4.78, 5) is 2.06. The van der Waals surface area contributed by atoms with Crippen LogP contribution in [0.2, 0.25) is 0 Å². The first-order valence-corrected chi connectivity index (χ1v) is 7.06. The largest absolute Gasteiger partial charge is 0.522 e. The first-order valence-electron chi connectivity index (χ1n) is 7.06. The highest BCUT2D eigenvalue weighted by molar-refractivity contribution is 5.25. The molecule has 2 unspecified atom stereocenters. The zero-order valence-electron chi connectivity index (χ0n) is 12.3. The molecule has 21 heavy (non-hydrogen) atoms. The van der Waals surface area contributed by atoms with Crippen LogP contribution in [0.1, 0.15) is 19.4 Å². The van der Waals surface area contributed by atoms with Crippen molar-refractivity contribution in [3.05, 3.63) is 35.9 Å². The minimum Gasteiger partial charge on any atom is -0.311 e. The van der Waals surface area contributed by atoms with Gasteiger partial charge in [0.1, 0.15) is 0 Å². The van der Waals surface area contributed by atoms with Crippen molar-refractivity contribution in [2.75, 3.05) is 26.2 Å². The molecule has 1 fully saturated rings. The molecule has 1 aromatic carbocycles. The van der Waals surface area contributed by atoms with Crippen LogP contribution in [0, 0.1) is 0 Å². The molecule has 1 heterocycles. The maximum absolute atomic E-state index is 12.1. The lowest BCUT2D eigenvalue weighted by atomic mass is 9.87. The second kappa shape index (κ2) is 6.34. The zero-order chi connectivity index (χ0) is 15.5. The fourth-order valence-corrected chi connectivity index (χ4v) is 2.77. The van der Waals surface area contributed by atoms with Crippen LogP contribution in [0.3, 0.4) is 0 Å². The Morgan fingerprint density at radius 2 is 2.00 bits per heavy atom. The van der Waals surface area contributed by atoms with E-state index in [-0.39, 0.29) is 24.7 Å². The van der Waals surface area contributed by atoms with E-state index in [2.05, 4.69) is 21.9 Å². The molecule has 1 aliphatic rings. The predicted molar refractivity (Wildman–Crippen MR) is 74.8 cm³/mol. The Labute approximate surface area is 123 Å². The van der Waals surface area contributed by atoms with Crippen molar-refractivity contribution < 1.29 is 17.9 Å². The maximum Gasteiger partial charge on any atom is 0.522 e. The van der Waals surface area contributed by atoms with Gasteiger partial charge in [-0.15, -0.1) is 13.2 Å². The first kappa shape index (κ1) is 16.3. The molecule has 2 atom stereocenters. The van der Waals surface area contributed by atoms with E-state index in [1.807, 2.05) is 37.3 Å². The van der Waals surface area contributed by atoms with E-state index in [1.165, 1.54) is 0 Å². The number of alkyl halides is 3. The summed E-state index contributed by atoms with van der Waals surface area (Å²) in [6.45, 7) is 5.36. The highest BCUT2D eigenvalue weighted by Gasteiger charge is 2.38. The number of piperazine rings is 1. The molecule has 6 heteroatoms. The Hall–Kier alpha value is -1.11. The summed E-state index contributed by atoms with van der Waals surface area (Å²) in [5.74, 6) is 0. The quantitative estimate of drug-likeness (QED) is 0.925. The third-order valence-corrected chi connectivity index (χ3v) is 4.01. The standard InChI is InChI=1S/C15H21F3N2O/c1-12-10-20(8-9-21-15(16,17)18)14(2,11-19-12)13-6-4-3-5-7-13/h3-7,12,19H,8-11H2,1-2H3. The second-order valence-corrected chi connectivity index (χ2v) is 5.66. The number of hydrogen-bond acceptors (Lipinski definition) is 3. The number of hydrogen-bond donors (Lipinski definition) is 1. The molecule has 1 N–H and O–H groups in total. The van der Waals surface area contributed by atoms with Gasteiger partial charge in [-0.2, -0.15) is 0 Å². The lowest BCUT2D eigenvalue weighted by molar-refractivity contribution is -0.325. The summed E-state index contributed by atoms with van der Waals surface area (Å²) < 4.78 is 40.4. The molecule has 0 radical (unpaired) electrons. The summed E-state index contributed by atoms with van der Waals surface area (Å²) >= 11 is 0. The smallest absolute Gasteiger partial charge is 0.311 e. The summed E-state index contributed by atoms with van der Waals surface area (Å²) in [7, 11) is 0. The second-order valence-electron chi connectivity index (χ2n) is 5.66. The molecule has 1 aliphatic heterocycles. The Kier molecular flexibility index (Phi) is 4.91. The van der Waals surface area contributed by atoms with Gasteiger partial charge in [0.05, 0.1) is 12.1 Å². The van der Waals surface area contributed by atoms with Crippen molar-refractivity contribution in [2.45, 2.75) is 31.8 Å². The van der Waals surface area contributed by atoms with Gasteiger partial charge in [-0.3, -0.25) is 9.64 Å². The molecule has 1 aromatic rings. The number of rotatable bonds is 4. The van der Waals surface area contributed by atoms with Crippen LogP contribution in [0.4, 0.5) is 13.2 Å². The van der Waals surface area contributed by atoms with Crippen LogP contribution in [-0.4, -0.2) is 43.5 Å². The molecule has 118 valence electrons. The van der Waals surface area contributed by atoms with Crippen LogP contribution >= 0.6 is 0 Å². The Balaban J connectivity index is 2.10. The van der Waals surface area contributed by atoms with E-state index in [0.717, 1.165) is 5.56 Å². The van der Waals surface area contributed by atoms with E-state index in [9.17, 15) is 13.2 Å². The number of ether oxygens (including phenoxy) is 1. The van der Waals surface area contributed by atoms with E-state index in [4.69, 9.17) is 0 Å². The first-order chi connectivity index (χ1) is 9.81. The van der Waals surface area contributed by atoms with Gasteiger partial charge in [0.25, 0.3) is 0 Å². The van der Waals surface area contributed by atoms with Gasteiger partial charge in [-0.1, -0.05) is 30.3 Å². The molecular formula is C15H21F3N2O. The SMILES string of the molecule is CC1CN(CCOC(F)(F)F)C(C)(c2ccccc2)CN1. The molecule has 0 saturated carbocycles. The van der Waals surface area contributed by atoms with Gasteiger partial charge in [0.15, 0.2) is 0 Å². The maximum atomic E-state index is 12.1. The van der Waals surface area contributed by atoms with Crippen LogP contribution in [0.5, 0.6) is 0 Å². The minimum atomic E-state index is -4.57. The highest BCUT2D eigenvalue weighted by atomic mass is 19.4. The van der Waals surface area contributed by atoms with Crippen molar-refractivity contribution in [3.8, 4) is 0 Å². The number of nitrogens with zero attached hydrogens (tertiary/aromatic N) is 1. The minimum absolute atomic E-state index is 0.243. The summed E-state index contributed by atoms with van der Waals surface area (Å²) in [5, 5.41) is 3.40. The molecule has 2 rings (SSSR count).